The van der Waals surface area contributed by atoms with Gasteiger partial charge in [-0.05, 0) is 44.2 Å². The largest absolute Gasteiger partial charge is 0.339 e. The van der Waals surface area contributed by atoms with Crippen molar-refractivity contribution in [2.45, 2.75) is 51.9 Å². The molecule has 0 atom stereocenters. The first kappa shape index (κ1) is 22.2. The number of H-pyrrole nitrogens is 1. The molecule has 170 valence electrons. The first-order valence-electron chi connectivity index (χ1n) is 11.6. The van der Waals surface area contributed by atoms with Gasteiger partial charge in [-0.25, -0.2) is 4.98 Å². The highest BCUT2D eigenvalue weighted by molar-refractivity contribution is 5.78. The second-order valence-electron chi connectivity index (χ2n) is 8.83. The predicted octanol–water partition coefficient (Wildman–Crippen LogP) is 2.32. The highest BCUT2D eigenvalue weighted by atomic mass is 16.2. The summed E-state index contributed by atoms with van der Waals surface area (Å²) in [4.78, 5) is 52.9. The number of nitrogens with one attached hydrogen (secondary N) is 1. The molecule has 2 fully saturated rings. The fraction of sp³-hybridized carbons (Fsp3) is 0.542. The molecule has 3 heterocycles. The number of rotatable bonds is 6. The molecule has 32 heavy (non-hydrogen) atoms. The highest BCUT2D eigenvalue weighted by Crippen LogP contribution is 2.28. The van der Waals surface area contributed by atoms with Crippen LogP contribution in [0.1, 0.15) is 49.8 Å². The summed E-state index contributed by atoms with van der Waals surface area (Å²) in [5.41, 5.74) is 1.76. The van der Waals surface area contributed by atoms with E-state index in [-0.39, 0.29) is 23.8 Å². The Kier molecular flexibility index (Phi) is 6.97. The zero-order valence-corrected chi connectivity index (χ0v) is 18.7. The maximum atomic E-state index is 12.7. The van der Waals surface area contributed by atoms with Crippen molar-refractivity contribution in [2.24, 2.45) is 5.92 Å². The van der Waals surface area contributed by atoms with E-state index in [1.165, 1.54) is 25.7 Å². The fourth-order valence-electron chi connectivity index (χ4n) is 4.74. The number of aromatic nitrogens is 3. The molecule has 1 aliphatic heterocycles. The van der Waals surface area contributed by atoms with Gasteiger partial charge in [0.15, 0.2) is 0 Å². The number of piperazine rings is 1. The van der Waals surface area contributed by atoms with Crippen molar-refractivity contribution < 1.29 is 9.59 Å². The SMILES string of the molecule is Cc1nc(-c2ccncc2)[nH]c(=O)c1CCC(=O)N1CCN(C(=O)CC2CCCC2)CC1. The molecule has 0 radical (unpaired) electrons. The summed E-state index contributed by atoms with van der Waals surface area (Å²) in [5.74, 6) is 1.29. The molecular formula is C24H31N5O3. The number of nitrogens with zero attached hydrogens (tertiary/aromatic N) is 4. The Labute approximate surface area is 188 Å². The van der Waals surface area contributed by atoms with Gasteiger partial charge in [0.05, 0.1) is 0 Å². The Hall–Kier alpha value is -3.03. The van der Waals surface area contributed by atoms with Crippen LogP contribution in [-0.4, -0.2) is 62.7 Å². The monoisotopic (exact) mass is 437 g/mol. The predicted molar refractivity (Wildman–Crippen MR) is 121 cm³/mol. The number of aromatic amines is 1. The second kappa shape index (κ2) is 10.1. The lowest BCUT2D eigenvalue weighted by molar-refractivity contribution is -0.140. The summed E-state index contributed by atoms with van der Waals surface area (Å²) in [6, 6.07) is 3.58. The normalized spacial score (nSPS) is 17.0. The van der Waals surface area contributed by atoms with Crippen molar-refractivity contribution in [1.29, 1.82) is 0 Å². The maximum Gasteiger partial charge on any atom is 0.254 e. The number of carbonyl (C=O) groups is 2. The van der Waals surface area contributed by atoms with E-state index in [4.69, 9.17) is 0 Å². The Morgan fingerprint density at radius 3 is 2.28 bits per heavy atom. The van der Waals surface area contributed by atoms with Crippen LogP contribution in [0.2, 0.25) is 0 Å². The minimum atomic E-state index is -0.209. The van der Waals surface area contributed by atoms with Crippen LogP contribution in [0, 0.1) is 12.8 Å². The molecule has 2 amide bonds. The van der Waals surface area contributed by atoms with Gasteiger partial charge in [0, 0.05) is 68.2 Å². The topological polar surface area (TPSA) is 99.3 Å². The van der Waals surface area contributed by atoms with Gasteiger partial charge in [0.25, 0.3) is 5.56 Å². The number of hydrogen-bond donors (Lipinski definition) is 1. The summed E-state index contributed by atoms with van der Waals surface area (Å²) in [6.45, 7) is 4.11. The molecule has 1 saturated heterocycles. The standard InChI is InChI=1S/C24H31N5O3/c1-17-20(24(32)27-23(26-17)19-8-10-25-11-9-19)6-7-21(30)28-12-14-29(15-13-28)22(31)16-18-4-2-3-5-18/h8-11,18H,2-7,12-16H2,1H3,(H,26,27,32). The molecule has 8 nitrogen and oxygen atoms in total. The molecule has 0 spiro atoms. The van der Waals surface area contributed by atoms with E-state index in [1.807, 2.05) is 9.80 Å². The number of amides is 2. The van der Waals surface area contributed by atoms with Crippen molar-refractivity contribution in [3.63, 3.8) is 0 Å². The van der Waals surface area contributed by atoms with Gasteiger partial charge in [-0.1, -0.05) is 12.8 Å². The van der Waals surface area contributed by atoms with Gasteiger partial charge in [-0.3, -0.25) is 19.4 Å². The second-order valence-corrected chi connectivity index (χ2v) is 8.83. The lowest BCUT2D eigenvalue weighted by Gasteiger charge is -2.35. The van der Waals surface area contributed by atoms with Crippen LogP contribution in [-0.2, 0) is 16.0 Å². The van der Waals surface area contributed by atoms with Crippen molar-refractivity contribution >= 4 is 11.8 Å². The summed E-state index contributed by atoms with van der Waals surface area (Å²) in [5, 5.41) is 0. The lowest BCUT2D eigenvalue weighted by Crippen LogP contribution is -2.50. The number of hydrogen-bond acceptors (Lipinski definition) is 5. The van der Waals surface area contributed by atoms with E-state index >= 15 is 0 Å². The van der Waals surface area contributed by atoms with Crippen LogP contribution in [0.15, 0.2) is 29.3 Å². The zero-order valence-electron chi connectivity index (χ0n) is 18.7. The molecule has 0 aromatic carbocycles. The fourth-order valence-corrected chi connectivity index (χ4v) is 4.74. The Morgan fingerprint density at radius 2 is 1.66 bits per heavy atom. The van der Waals surface area contributed by atoms with E-state index in [0.717, 1.165) is 5.56 Å². The smallest absolute Gasteiger partial charge is 0.254 e. The molecule has 0 bridgehead atoms. The van der Waals surface area contributed by atoms with Gasteiger partial charge in [0.2, 0.25) is 11.8 Å². The first-order chi connectivity index (χ1) is 15.5. The van der Waals surface area contributed by atoms with Crippen molar-refractivity contribution in [3.05, 3.63) is 46.1 Å². The van der Waals surface area contributed by atoms with Crippen LogP contribution in [0.25, 0.3) is 11.4 Å². The minimum absolute atomic E-state index is 0.0184. The van der Waals surface area contributed by atoms with E-state index in [0.29, 0.717) is 62.0 Å². The molecule has 2 aliphatic rings. The van der Waals surface area contributed by atoms with Gasteiger partial charge < -0.3 is 14.8 Å². The molecule has 8 heteroatoms. The highest BCUT2D eigenvalue weighted by Gasteiger charge is 2.27. The summed E-state index contributed by atoms with van der Waals surface area (Å²) >= 11 is 0. The average molecular weight is 438 g/mol. The molecule has 2 aromatic heterocycles. The Bertz CT molecular complexity index is 1010. The number of aryl methyl sites for hydroxylation is 1. The molecule has 1 saturated carbocycles. The lowest BCUT2D eigenvalue weighted by atomic mass is 10.0. The van der Waals surface area contributed by atoms with Gasteiger partial charge in [-0.15, -0.1) is 0 Å². The van der Waals surface area contributed by atoms with Crippen LogP contribution < -0.4 is 5.56 Å². The zero-order chi connectivity index (χ0) is 22.5. The van der Waals surface area contributed by atoms with E-state index in [2.05, 4.69) is 15.0 Å². The van der Waals surface area contributed by atoms with Gasteiger partial charge in [-0.2, -0.15) is 0 Å². The number of carbonyl (C=O) groups excluding carboxylic acids is 2. The third kappa shape index (κ3) is 5.23. The van der Waals surface area contributed by atoms with Gasteiger partial charge in [0.1, 0.15) is 5.82 Å². The molecule has 2 aromatic rings. The number of pyridine rings is 1. The Balaban J connectivity index is 1.29. The molecule has 1 aliphatic carbocycles. The van der Waals surface area contributed by atoms with Crippen LogP contribution in [0.5, 0.6) is 0 Å². The van der Waals surface area contributed by atoms with Crippen LogP contribution in [0.3, 0.4) is 0 Å². The minimum Gasteiger partial charge on any atom is -0.339 e. The molecule has 0 unspecified atom stereocenters. The summed E-state index contributed by atoms with van der Waals surface area (Å²) in [7, 11) is 0. The third-order valence-electron chi connectivity index (χ3n) is 6.69. The quantitative estimate of drug-likeness (QED) is 0.748. The maximum absolute atomic E-state index is 12.7. The first-order valence-corrected chi connectivity index (χ1v) is 11.6. The van der Waals surface area contributed by atoms with E-state index < -0.39 is 0 Å². The third-order valence-corrected chi connectivity index (χ3v) is 6.69. The van der Waals surface area contributed by atoms with Crippen molar-refractivity contribution in [1.82, 2.24) is 24.8 Å². The average Bonchev–Trinajstić information content (AvgIpc) is 3.32. The van der Waals surface area contributed by atoms with Crippen LogP contribution >= 0.6 is 0 Å². The molecular weight excluding hydrogens is 406 g/mol. The molecule has 4 rings (SSSR count). The van der Waals surface area contributed by atoms with E-state index in [1.54, 1.807) is 31.5 Å². The summed E-state index contributed by atoms with van der Waals surface area (Å²) in [6.07, 6.45) is 9.38. The summed E-state index contributed by atoms with van der Waals surface area (Å²) < 4.78 is 0. The van der Waals surface area contributed by atoms with Crippen molar-refractivity contribution in [3.8, 4) is 11.4 Å². The van der Waals surface area contributed by atoms with Crippen LogP contribution in [0.4, 0.5) is 0 Å². The van der Waals surface area contributed by atoms with Gasteiger partial charge >= 0.3 is 0 Å². The van der Waals surface area contributed by atoms with Crippen molar-refractivity contribution in [2.75, 3.05) is 26.2 Å². The molecule has 1 N–H and O–H groups in total. The van der Waals surface area contributed by atoms with E-state index in [9.17, 15) is 14.4 Å². The Morgan fingerprint density at radius 1 is 1.03 bits per heavy atom.